The predicted molar refractivity (Wildman–Crippen MR) is 62.3 cm³/mol. The average Bonchev–Trinajstić information content (AvgIpc) is 2.66. The molecule has 0 aliphatic heterocycles. The van der Waals surface area contributed by atoms with Crippen LogP contribution < -0.4 is 4.74 Å². The zero-order valence-corrected chi connectivity index (χ0v) is 9.97. The Balaban J connectivity index is 2.02. The SMILES string of the molecule is Cc1ncc(COc2ccc(C)c(F)c2)s1. The Bertz CT molecular complexity index is 496. The summed E-state index contributed by atoms with van der Waals surface area (Å²) >= 11 is 1.58. The van der Waals surface area contributed by atoms with Gasteiger partial charge in [-0.25, -0.2) is 9.37 Å². The van der Waals surface area contributed by atoms with Gasteiger partial charge in [0.15, 0.2) is 0 Å². The largest absolute Gasteiger partial charge is 0.488 e. The summed E-state index contributed by atoms with van der Waals surface area (Å²) in [6.45, 7) is 4.11. The van der Waals surface area contributed by atoms with E-state index in [4.69, 9.17) is 4.74 Å². The first kappa shape index (κ1) is 11.1. The quantitative estimate of drug-likeness (QED) is 0.815. The second-order valence-electron chi connectivity index (χ2n) is 3.55. The molecule has 1 aromatic heterocycles. The van der Waals surface area contributed by atoms with E-state index in [2.05, 4.69) is 4.98 Å². The van der Waals surface area contributed by atoms with Gasteiger partial charge in [-0.3, -0.25) is 0 Å². The summed E-state index contributed by atoms with van der Waals surface area (Å²) in [5, 5.41) is 1.01. The number of thiazole rings is 1. The van der Waals surface area contributed by atoms with Gasteiger partial charge in [0.25, 0.3) is 0 Å². The van der Waals surface area contributed by atoms with Crippen molar-refractivity contribution in [3.8, 4) is 5.75 Å². The van der Waals surface area contributed by atoms with Crippen LogP contribution in [0.4, 0.5) is 4.39 Å². The van der Waals surface area contributed by atoms with Crippen LogP contribution in [0.3, 0.4) is 0 Å². The van der Waals surface area contributed by atoms with Crippen molar-refractivity contribution in [2.75, 3.05) is 0 Å². The molecule has 0 fully saturated rings. The monoisotopic (exact) mass is 237 g/mol. The van der Waals surface area contributed by atoms with Crippen molar-refractivity contribution in [2.24, 2.45) is 0 Å². The fourth-order valence-corrected chi connectivity index (χ4v) is 2.00. The van der Waals surface area contributed by atoms with E-state index < -0.39 is 0 Å². The van der Waals surface area contributed by atoms with Gasteiger partial charge in [0.2, 0.25) is 0 Å². The second-order valence-corrected chi connectivity index (χ2v) is 4.86. The van der Waals surface area contributed by atoms with E-state index in [9.17, 15) is 4.39 Å². The summed E-state index contributed by atoms with van der Waals surface area (Å²) in [4.78, 5) is 5.17. The summed E-state index contributed by atoms with van der Waals surface area (Å²) in [6.07, 6.45) is 1.78. The van der Waals surface area contributed by atoms with E-state index in [-0.39, 0.29) is 5.82 Å². The normalized spacial score (nSPS) is 10.4. The first-order chi connectivity index (χ1) is 7.65. The van der Waals surface area contributed by atoms with Crippen LogP contribution in [0, 0.1) is 19.7 Å². The van der Waals surface area contributed by atoms with E-state index >= 15 is 0 Å². The molecule has 0 N–H and O–H groups in total. The van der Waals surface area contributed by atoms with Gasteiger partial charge in [0.1, 0.15) is 18.2 Å². The first-order valence-electron chi connectivity index (χ1n) is 4.95. The molecule has 1 aromatic carbocycles. The number of nitrogens with zero attached hydrogens (tertiary/aromatic N) is 1. The highest BCUT2D eigenvalue weighted by atomic mass is 32.1. The Kier molecular flexibility index (Phi) is 3.19. The minimum atomic E-state index is -0.238. The lowest BCUT2D eigenvalue weighted by Crippen LogP contribution is -1.94. The van der Waals surface area contributed by atoms with Crippen LogP contribution in [0.5, 0.6) is 5.75 Å². The van der Waals surface area contributed by atoms with Gasteiger partial charge in [-0.15, -0.1) is 11.3 Å². The minimum absolute atomic E-state index is 0.238. The van der Waals surface area contributed by atoms with Crippen molar-refractivity contribution in [2.45, 2.75) is 20.5 Å². The summed E-state index contributed by atoms with van der Waals surface area (Å²) < 4.78 is 18.7. The highest BCUT2D eigenvalue weighted by Crippen LogP contribution is 2.19. The molecule has 2 rings (SSSR count). The van der Waals surface area contributed by atoms with Crippen LogP contribution in [0.25, 0.3) is 0 Å². The van der Waals surface area contributed by atoms with Crippen LogP contribution in [0.1, 0.15) is 15.4 Å². The van der Waals surface area contributed by atoms with Gasteiger partial charge in [0, 0.05) is 12.3 Å². The maximum Gasteiger partial charge on any atom is 0.129 e. The molecular formula is C12H12FNOS. The number of rotatable bonds is 3. The highest BCUT2D eigenvalue weighted by Gasteiger charge is 2.02. The molecular weight excluding hydrogens is 225 g/mol. The molecule has 0 atom stereocenters. The molecule has 84 valence electrons. The molecule has 0 aliphatic carbocycles. The summed E-state index contributed by atoms with van der Waals surface area (Å²) in [5.74, 6) is 0.312. The number of ether oxygens (including phenoxy) is 1. The molecule has 0 spiro atoms. The number of hydrogen-bond donors (Lipinski definition) is 0. The molecule has 1 heterocycles. The molecule has 0 amide bonds. The van der Waals surface area contributed by atoms with Gasteiger partial charge < -0.3 is 4.74 Å². The molecule has 0 radical (unpaired) electrons. The molecule has 2 nitrogen and oxygen atoms in total. The zero-order valence-electron chi connectivity index (χ0n) is 9.16. The Morgan fingerprint density at radius 3 is 2.81 bits per heavy atom. The first-order valence-corrected chi connectivity index (χ1v) is 5.77. The third kappa shape index (κ3) is 2.58. The average molecular weight is 237 g/mol. The highest BCUT2D eigenvalue weighted by molar-refractivity contribution is 7.11. The molecule has 0 bridgehead atoms. The Morgan fingerprint density at radius 2 is 2.19 bits per heavy atom. The Morgan fingerprint density at radius 1 is 1.38 bits per heavy atom. The van der Waals surface area contributed by atoms with Gasteiger partial charge in [0.05, 0.1) is 9.88 Å². The third-order valence-corrected chi connectivity index (χ3v) is 3.08. The van der Waals surface area contributed by atoms with Crippen molar-refractivity contribution in [1.29, 1.82) is 0 Å². The Hall–Kier alpha value is -1.42. The van der Waals surface area contributed by atoms with Crippen LogP contribution >= 0.6 is 11.3 Å². The lowest BCUT2D eigenvalue weighted by Gasteiger charge is -2.05. The number of aryl methyl sites for hydroxylation is 2. The smallest absolute Gasteiger partial charge is 0.129 e. The topological polar surface area (TPSA) is 22.1 Å². The van der Waals surface area contributed by atoms with Crippen molar-refractivity contribution < 1.29 is 9.13 Å². The fourth-order valence-electron chi connectivity index (χ4n) is 1.29. The van der Waals surface area contributed by atoms with E-state index in [0.29, 0.717) is 17.9 Å². The Labute approximate surface area is 97.7 Å². The van der Waals surface area contributed by atoms with Crippen molar-refractivity contribution in [3.63, 3.8) is 0 Å². The van der Waals surface area contributed by atoms with Crippen LogP contribution in [0.2, 0.25) is 0 Å². The molecule has 16 heavy (non-hydrogen) atoms. The van der Waals surface area contributed by atoms with Gasteiger partial charge >= 0.3 is 0 Å². The molecule has 0 unspecified atom stereocenters. The number of hydrogen-bond acceptors (Lipinski definition) is 3. The minimum Gasteiger partial charge on any atom is -0.488 e. The van der Waals surface area contributed by atoms with E-state index in [1.807, 2.05) is 6.92 Å². The molecule has 2 aromatic rings. The van der Waals surface area contributed by atoms with Crippen molar-refractivity contribution in [3.05, 3.63) is 45.7 Å². The van der Waals surface area contributed by atoms with E-state index in [1.165, 1.54) is 6.07 Å². The predicted octanol–water partition coefficient (Wildman–Crippen LogP) is 3.48. The third-order valence-electron chi connectivity index (χ3n) is 2.19. The standard InChI is InChI=1S/C12H12FNOS/c1-8-3-4-10(5-12(8)13)15-7-11-6-14-9(2)16-11/h3-6H,7H2,1-2H3. The zero-order chi connectivity index (χ0) is 11.5. The van der Waals surface area contributed by atoms with Gasteiger partial charge in [-0.05, 0) is 25.5 Å². The number of halogens is 1. The fraction of sp³-hybridized carbons (Fsp3) is 0.250. The maximum absolute atomic E-state index is 13.2. The maximum atomic E-state index is 13.2. The summed E-state index contributed by atoms with van der Waals surface area (Å²) in [5.41, 5.74) is 0.626. The number of benzene rings is 1. The van der Waals surface area contributed by atoms with E-state index in [0.717, 1.165) is 9.88 Å². The van der Waals surface area contributed by atoms with Crippen LogP contribution in [-0.2, 0) is 6.61 Å². The van der Waals surface area contributed by atoms with Crippen LogP contribution in [-0.4, -0.2) is 4.98 Å². The summed E-state index contributed by atoms with van der Waals surface area (Å²) in [7, 11) is 0. The molecule has 0 aliphatic rings. The van der Waals surface area contributed by atoms with Gasteiger partial charge in [-0.2, -0.15) is 0 Å². The number of aromatic nitrogens is 1. The van der Waals surface area contributed by atoms with Crippen LogP contribution in [0.15, 0.2) is 24.4 Å². The van der Waals surface area contributed by atoms with Crippen molar-refractivity contribution >= 4 is 11.3 Å². The lowest BCUT2D eigenvalue weighted by molar-refractivity contribution is 0.308. The van der Waals surface area contributed by atoms with E-state index in [1.54, 1.807) is 36.6 Å². The van der Waals surface area contributed by atoms with Gasteiger partial charge in [-0.1, -0.05) is 6.07 Å². The lowest BCUT2D eigenvalue weighted by atomic mass is 10.2. The molecule has 0 saturated heterocycles. The second kappa shape index (κ2) is 4.61. The van der Waals surface area contributed by atoms with Crippen molar-refractivity contribution in [1.82, 2.24) is 4.98 Å². The molecule has 0 saturated carbocycles. The molecule has 4 heteroatoms. The summed E-state index contributed by atoms with van der Waals surface area (Å²) in [6, 6.07) is 4.89.